The lowest BCUT2D eigenvalue weighted by Crippen LogP contribution is -2.16. The lowest BCUT2D eigenvalue weighted by atomic mass is 10.1. The molecule has 0 fully saturated rings. The van der Waals surface area contributed by atoms with Gasteiger partial charge in [0.1, 0.15) is 6.10 Å². The minimum absolute atomic E-state index is 0.477. The van der Waals surface area contributed by atoms with E-state index in [4.69, 9.17) is 5.11 Å². The van der Waals surface area contributed by atoms with Crippen LogP contribution in [0.3, 0.4) is 0 Å². The van der Waals surface area contributed by atoms with Gasteiger partial charge in [0.15, 0.2) is 0 Å². The summed E-state index contributed by atoms with van der Waals surface area (Å²) in [4.78, 5) is 10.3. The number of benzene rings is 1. The summed E-state index contributed by atoms with van der Waals surface area (Å²) in [5.41, 5.74) is 1.03. The molecule has 0 saturated heterocycles. The van der Waals surface area contributed by atoms with Crippen molar-refractivity contribution in [3.63, 3.8) is 0 Å². The van der Waals surface area contributed by atoms with E-state index in [-0.39, 0.29) is 0 Å². The van der Waals surface area contributed by atoms with Crippen LogP contribution in [0.4, 0.5) is 4.79 Å². The summed E-state index contributed by atoms with van der Waals surface area (Å²) in [6.45, 7) is 3.52. The second-order valence-electron chi connectivity index (χ2n) is 2.85. The molecule has 3 heteroatoms. The first kappa shape index (κ1) is 10.3. The van der Waals surface area contributed by atoms with E-state index in [0.717, 1.165) is 5.56 Å². The molecule has 0 aliphatic heterocycles. The standard InChI is InChI=1S/C11H12O3/c1-2-10(14-11(12)13)8-9-6-4-3-5-7-9/h2-7,10H,1,8H2,(H,12,13). The molecule has 0 heterocycles. The first-order chi connectivity index (χ1) is 6.72. The second kappa shape index (κ2) is 5.07. The molecule has 0 bridgehead atoms. The molecular formula is C11H12O3. The molecule has 0 aromatic heterocycles. The molecule has 1 unspecified atom stereocenters. The average Bonchev–Trinajstić information content (AvgIpc) is 2.17. The fraction of sp³-hybridized carbons (Fsp3) is 0.182. The molecule has 0 spiro atoms. The molecule has 0 aliphatic rings. The lowest BCUT2D eigenvalue weighted by molar-refractivity contribution is 0.0694. The Morgan fingerprint density at radius 3 is 2.64 bits per heavy atom. The van der Waals surface area contributed by atoms with Gasteiger partial charge >= 0.3 is 6.16 Å². The van der Waals surface area contributed by atoms with Crippen LogP contribution < -0.4 is 0 Å². The summed E-state index contributed by atoms with van der Waals surface area (Å²) in [7, 11) is 0. The maximum atomic E-state index is 10.3. The molecule has 1 aromatic rings. The minimum atomic E-state index is -1.27. The SMILES string of the molecule is C=CC(Cc1ccccc1)OC(=O)O. The van der Waals surface area contributed by atoms with Crippen LogP contribution in [0.15, 0.2) is 43.0 Å². The van der Waals surface area contributed by atoms with Crippen molar-refractivity contribution >= 4 is 6.16 Å². The molecule has 1 rings (SSSR count). The van der Waals surface area contributed by atoms with Gasteiger partial charge in [-0.2, -0.15) is 0 Å². The zero-order valence-corrected chi connectivity index (χ0v) is 7.72. The topological polar surface area (TPSA) is 46.5 Å². The molecule has 0 aliphatic carbocycles. The lowest BCUT2D eigenvalue weighted by Gasteiger charge is -2.10. The van der Waals surface area contributed by atoms with Crippen molar-refractivity contribution in [3.05, 3.63) is 48.6 Å². The maximum Gasteiger partial charge on any atom is 0.506 e. The Bertz CT molecular complexity index is 306. The molecule has 3 nitrogen and oxygen atoms in total. The smallest absolute Gasteiger partial charge is 0.450 e. The largest absolute Gasteiger partial charge is 0.506 e. The van der Waals surface area contributed by atoms with E-state index in [0.29, 0.717) is 6.42 Å². The van der Waals surface area contributed by atoms with E-state index in [9.17, 15) is 4.79 Å². The van der Waals surface area contributed by atoms with Gasteiger partial charge in [-0.1, -0.05) is 43.0 Å². The third kappa shape index (κ3) is 3.31. The van der Waals surface area contributed by atoms with Gasteiger partial charge in [0.25, 0.3) is 0 Å². The summed E-state index contributed by atoms with van der Waals surface area (Å²) >= 11 is 0. The molecule has 0 radical (unpaired) electrons. The Labute approximate surface area is 82.6 Å². The third-order valence-corrected chi connectivity index (χ3v) is 1.79. The van der Waals surface area contributed by atoms with Gasteiger partial charge in [0, 0.05) is 6.42 Å². The highest BCUT2D eigenvalue weighted by Gasteiger charge is 2.09. The molecule has 14 heavy (non-hydrogen) atoms. The van der Waals surface area contributed by atoms with Crippen LogP contribution in [0.2, 0.25) is 0 Å². The summed E-state index contributed by atoms with van der Waals surface area (Å²) in [5.74, 6) is 0. The molecule has 1 N–H and O–H groups in total. The van der Waals surface area contributed by atoms with Gasteiger partial charge in [-0.05, 0) is 5.56 Å². The molecule has 0 saturated carbocycles. The summed E-state index contributed by atoms with van der Waals surface area (Å²) in [6, 6.07) is 9.54. The highest BCUT2D eigenvalue weighted by atomic mass is 16.7. The predicted molar refractivity (Wildman–Crippen MR) is 53.2 cm³/mol. The van der Waals surface area contributed by atoms with Gasteiger partial charge in [0.05, 0.1) is 0 Å². The summed E-state index contributed by atoms with van der Waals surface area (Å²) in [5, 5.41) is 8.42. The molecule has 74 valence electrons. The fourth-order valence-electron chi connectivity index (χ4n) is 1.15. The Kier molecular flexibility index (Phi) is 3.73. The molecule has 1 atom stereocenters. The van der Waals surface area contributed by atoms with E-state index < -0.39 is 12.3 Å². The van der Waals surface area contributed by atoms with E-state index in [1.807, 2.05) is 30.3 Å². The first-order valence-corrected chi connectivity index (χ1v) is 4.28. The fourth-order valence-corrected chi connectivity index (χ4v) is 1.15. The van der Waals surface area contributed by atoms with Crippen LogP contribution in [0, 0.1) is 0 Å². The zero-order chi connectivity index (χ0) is 10.4. The van der Waals surface area contributed by atoms with Crippen LogP contribution in [0.5, 0.6) is 0 Å². The van der Waals surface area contributed by atoms with Gasteiger partial charge in [0.2, 0.25) is 0 Å². The van der Waals surface area contributed by atoms with Gasteiger partial charge in [-0.3, -0.25) is 0 Å². The van der Waals surface area contributed by atoms with E-state index in [1.54, 1.807) is 0 Å². The van der Waals surface area contributed by atoms with Gasteiger partial charge in [-0.15, -0.1) is 0 Å². The predicted octanol–water partition coefficient (Wildman–Crippen LogP) is 2.48. The number of carboxylic acid groups (broad SMARTS) is 1. The Hall–Kier alpha value is -1.77. The van der Waals surface area contributed by atoms with Crippen molar-refractivity contribution in [1.82, 2.24) is 0 Å². The van der Waals surface area contributed by atoms with E-state index in [1.165, 1.54) is 6.08 Å². The van der Waals surface area contributed by atoms with Gasteiger partial charge < -0.3 is 9.84 Å². The Morgan fingerprint density at radius 2 is 2.14 bits per heavy atom. The maximum absolute atomic E-state index is 10.3. The van der Waals surface area contributed by atoms with Crippen molar-refractivity contribution in [1.29, 1.82) is 0 Å². The van der Waals surface area contributed by atoms with E-state index in [2.05, 4.69) is 11.3 Å². The first-order valence-electron chi connectivity index (χ1n) is 4.28. The third-order valence-electron chi connectivity index (χ3n) is 1.79. The highest BCUT2D eigenvalue weighted by molar-refractivity contribution is 5.57. The number of ether oxygens (including phenoxy) is 1. The zero-order valence-electron chi connectivity index (χ0n) is 7.72. The number of hydrogen-bond donors (Lipinski definition) is 1. The van der Waals surface area contributed by atoms with Crippen LogP contribution >= 0.6 is 0 Å². The second-order valence-corrected chi connectivity index (χ2v) is 2.85. The Balaban J connectivity index is 2.57. The number of carbonyl (C=O) groups is 1. The molecular weight excluding hydrogens is 180 g/mol. The van der Waals surface area contributed by atoms with Crippen LogP contribution in [0.1, 0.15) is 5.56 Å². The normalized spacial score (nSPS) is 11.7. The van der Waals surface area contributed by atoms with E-state index >= 15 is 0 Å². The van der Waals surface area contributed by atoms with Crippen molar-refractivity contribution < 1.29 is 14.6 Å². The monoisotopic (exact) mass is 192 g/mol. The molecule has 0 amide bonds. The molecule has 1 aromatic carbocycles. The number of rotatable bonds is 4. The van der Waals surface area contributed by atoms with Crippen molar-refractivity contribution in [2.24, 2.45) is 0 Å². The van der Waals surface area contributed by atoms with Crippen molar-refractivity contribution in [2.75, 3.05) is 0 Å². The van der Waals surface area contributed by atoms with Crippen LogP contribution in [0.25, 0.3) is 0 Å². The Morgan fingerprint density at radius 1 is 1.50 bits per heavy atom. The quantitative estimate of drug-likeness (QED) is 0.588. The average molecular weight is 192 g/mol. The highest BCUT2D eigenvalue weighted by Crippen LogP contribution is 2.06. The van der Waals surface area contributed by atoms with Crippen LogP contribution in [-0.2, 0) is 11.2 Å². The summed E-state index contributed by atoms with van der Waals surface area (Å²) in [6.07, 6.45) is 0.262. The minimum Gasteiger partial charge on any atom is -0.450 e. The van der Waals surface area contributed by atoms with Crippen molar-refractivity contribution in [3.8, 4) is 0 Å². The summed E-state index contributed by atoms with van der Waals surface area (Å²) < 4.78 is 4.60. The number of hydrogen-bond acceptors (Lipinski definition) is 2. The van der Waals surface area contributed by atoms with Gasteiger partial charge in [-0.25, -0.2) is 4.79 Å². The van der Waals surface area contributed by atoms with Crippen molar-refractivity contribution in [2.45, 2.75) is 12.5 Å². The van der Waals surface area contributed by atoms with Crippen LogP contribution in [-0.4, -0.2) is 17.4 Å².